The smallest absolute Gasteiger partial charge is 0.363 e. The van der Waals surface area contributed by atoms with Crippen LogP contribution in [0.1, 0.15) is 23.6 Å². The lowest BCUT2D eigenvalue weighted by atomic mass is 10.1. The zero-order valence-electron chi connectivity index (χ0n) is 17.5. The van der Waals surface area contributed by atoms with Crippen molar-refractivity contribution in [3.8, 4) is 11.5 Å². The SMILES string of the molecule is CCOc1cc(/C=C2/N=C(c3cccc(F)c3)OC2=O)cc(Br)c1OCc1ccc(F)cc1. The fourth-order valence-corrected chi connectivity index (χ4v) is 3.70. The number of aliphatic imine (C=N–C) groups is 1. The molecule has 1 aliphatic rings. The van der Waals surface area contributed by atoms with E-state index in [4.69, 9.17) is 14.2 Å². The zero-order valence-corrected chi connectivity index (χ0v) is 19.1. The van der Waals surface area contributed by atoms with E-state index in [0.717, 1.165) is 5.56 Å². The van der Waals surface area contributed by atoms with Crippen LogP contribution in [0.3, 0.4) is 0 Å². The number of ether oxygens (including phenoxy) is 3. The molecule has 0 atom stereocenters. The third-order valence-corrected chi connectivity index (χ3v) is 5.21. The zero-order chi connectivity index (χ0) is 23.4. The van der Waals surface area contributed by atoms with Gasteiger partial charge in [-0.2, -0.15) is 0 Å². The van der Waals surface area contributed by atoms with E-state index < -0.39 is 11.8 Å². The molecule has 168 valence electrons. The molecule has 0 spiro atoms. The highest BCUT2D eigenvalue weighted by atomic mass is 79.9. The van der Waals surface area contributed by atoms with Crippen LogP contribution in [0.5, 0.6) is 11.5 Å². The Balaban J connectivity index is 1.61. The highest BCUT2D eigenvalue weighted by Crippen LogP contribution is 2.38. The summed E-state index contributed by atoms with van der Waals surface area (Å²) < 4.78 is 44.0. The van der Waals surface area contributed by atoms with Gasteiger partial charge in [-0.15, -0.1) is 0 Å². The topological polar surface area (TPSA) is 57.1 Å². The van der Waals surface area contributed by atoms with Gasteiger partial charge in [0.1, 0.15) is 18.2 Å². The van der Waals surface area contributed by atoms with Crippen molar-refractivity contribution in [3.63, 3.8) is 0 Å². The molecule has 3 aromatic carbocycles. The van der Waals surface area contributed by atoms with Crippen LogP contribution < -0.4 is 9.47 Å². The van der Waals surface area contributed by atoms with Crippen LogP contribution in [0.2, 0.25) is 0 Å². The number of cyclic esters (lactones) is 1. The van der Waals surface area contributed by atoms with E-state index in [-0.39, 0.29) is 24.0 Å². The Hall–Kier alpha value is -3.52. The van der Waals surface area contributed by atoms with E-state index in [1.165, 1.54) is 30.3 Å². The molecule has 0 saturated heterocycles. The molecule has 0 unspecified atom stereocenters. The predicted octanol–water partition coefficient (Wildman–Crippen LogP) is 6.05. The molecule has 0 amide bonds. The van der Waals surface area contributed by atoms with Gasteiger partial charge in [0, 0.05) is 5.56 Å². The van der Waals surface area contributed by atoms with Crippen LogP contribution in [0.15, 0.2) is 75.8 Å². The van der Waals surface area contributed by atoms with E-state index >= 15 is 0 Å². The Morgan fingerprint density at radius 3 is 2.55 bits per heavy atom. The maximum atomic E-state index is 13.5. The van der Waals surface area contributed by atoms with E-state index in [1.807, 2.05) is 6.92 Å². The van der Waals surface area contributed by atoms with Gasteiger partial charge in [-0.25, -0.2) is 18.6 Å². The average Bonchev–Trinajstić information content (AvgIpc) is 3.15. The largest absolute Gasteiger partial charge is 0.490 e. The van der Waals surface area contributed by atoms with Crippen LogP contribution in [-0.4, -0.2) is 18.5 Å². The molecular formula is C25H18BrF2NO4. The highest BCUT2D eigenvalue weighted by molar-refractivity contribution is 9.10. The summed E-state index contributed by atoms with van der Waals surface area (Å²) >= 11 is 3.49. The van der Waals surface area contributed by atoms with Gasteiger partial charge in [-0.1, -0.05) is 18.2 Å². The maximum Gasteiger partial charge on any atom is 0.363 e. The number of nitrogens with zero attached hydrogens (tertiary/aromatic N) is 1. The summed E-state index contributed by atoms with van der Waals surface area (Å²) in [5.41, 5.74) is 1.86. The molecule has 8 heteroatoms. The number of hydrogen-bond acceptors (Lipinski definition) is 5. The molecule has 0 bridgehead atoms. The van der Waals surface area contributed by atoms with Crippen LogP contribution in [0, 0.1) is 11.6 Å². The van der Waals surface area contributed by atoms with E-state index in [1.54, 1.807) is 36.4 Å². The van der Waals surface area contributed by atoms with Crippen molar-refractivity contribution in [1.29, 1.82) is 0 Å². The predicted molar refractivity (Wildman–Crippen MR) is 123 cm³/mol. The van der Waals surface area contributed by atoms with Crippen molar-refractivity contribution in [3.05, 3.63) is 99.2 Å². The van der Waals surface area contributed by atoms with Gasteiger partial charge in [0.05, 0.1) is 11.1 Å². The Bertz CT molecular complexity index is 1260. The average molecular weight is 514 g/mol. The van der Waals surface area contributed by atoms with E-state index in [2.05, 4.69) is 20.9 Å². The van der Waals surface area contributed by atoms with Gasteiger partial charge in [-0.05, 0) is 82.5 Å². The second kappa shape index (κ2) is 9.95. The summed E-state index contributed by atoms with van der Waals surface area (Å²) in [6, 6.07) is 15.1. The van der Waals surface area contributed by atoms with Gasteiger partial charge in [0.25, 0.3) is 0 Å². The van der Waals surface area contributed by atoms with Crippen molar-refractivity contribution in [1.82, 2.24) is 0 Å². The summed E-state index contributed by atoms with van der Waals surface area (Å²) in [6.07, 6.45) is 1.55. The number of halogens is 3. The lowest BCUT2D eigenvalue weighted by Crippen LogP contribution is -2.05. The van der Waals surface area contributed by atoms with E-state index in [9.17, 15) is 13.6 Å². The minimum Gasteiger partial charge on any atom is -0.490 e. The number of hydrogen-bond donors (Lipinski definition) is 0. The Kier molecular flexibility index (Phi) is 6.84. The van der Waals surface area contributed by atoms with Crippen LogP contribution >= 0.6 is 15.9 Å². The van der Waals surface area contributed by atoms with Crippen molar-refractivity contribution in [2.45, 2.75) is 13.5 Å². The number of esters is 1. The second-order valence-electron chi connectivity index (χ2n) is 7.02. The Morgan fingerprint density at radius 2 is 1.82 bits per heavy atom. The molecule has 0 saturated carbocycles. The second-order valence-corrected chi connectivity index (χ2v) is 7.88. The van der Waals surface area contributed by atoms with Crippen molar-refractivity contribution >= 4 is 33.9 Å². The first kappa shape index (κ1) is 22.7. The van der Waals surface area contributed by atoms with Gasteiger partial charge < -0.3 is 14.2 Å². The van der Waals surface area contributed by atoms with Crippen LogP contribution in [-0.2, 0) is 16.1 Å². The molecule has 0 fully saturated rings. The van der Waals surface area contributed by atoms with Gasteiger partial charge in [0.2, 0.25) is 5.90 Å². The minimum atomic E-state index is -0.639. The fraction of sp³-hybridized carbons (Fsp3) is 0.120. The number of rotatable bonds is 7. The summed E-state index contributed by atoms with van der Waals surface area (Å²) in [4.78, 5) is 16.5. The molecule has 4 rings (SSSR count). The van der Waals surface area contributed by atoms with Gasteiger partial charge >= 0.3 is 5.97 Å². The first-order valence-electron chi connectivity index (χ1n) is 10.0. The number of carbonyl (C=O) groups excluding carboxylic acids is 1. The lowest BCUT2D eigenvalue weighted by Gasteiger charge is -2.15. The molecule has 5 nitrogen and oxygen atoms in total. The maximum absolute atomic E-state index is 13.5. The van der Waals surface area contributed by atoms with Crippen molar-refractivity contribution in [2.24, 2.45) is 4.99 Å². The Morgan fingerprint density at radius 1 is 1.03 bits per heavy atom. The summed E-state index contributed by atoms with van der Waals surface area (Å²) in [7, 11) is 0. The molecule has 0 radical (unpaired) electrons. The molecule has 33 heavy (non-hydrogen) atoms. The lowest BCUT2D eigenvalue weighted by molar-refractivity contribution is -0.129. The van der Waals surface area contributed by atoms with Crippen LogP contribution in [0.4, 0.5) is 8.78 Å². The van der Waals surface area contributed by atoms with E-state index in [0.29, 0.717) is 33.7 Å². The first-order chi connectivity index (χ1) is 15.9. The fourth-order valence-electron chi connectivity index (χ4n) is 3.12. The number of benzene rings is 3. The summed E-state index contributed by atoms with van der Waals surface area (Å²) in [6.45, 7) is 2.45. The highest BCUT2D eigenvalue weighted by Gasteiger charge is 2.25. The Labute approximate surface area is 197 Å². The van der Waals surface area contributed by atoms with Crippen molar-refractivity contribution < 1.29 is 27.8 Å². The quantitative estimate of drug-likeness (QED) is 0.285. The van der Waals surface area contributed by atoms with Crippen molar-refractivity contribution in [2.75, 3.05) is 6.61 Å². The standard InChI is InChI=1S/C25H18BrF2NO4/c1-2-31-22-12-16(10-20(26)23(22)32-14-15-6-8-18(27)9-7-15)11-21-25(30)33-24(29-21)17-4-3-5-19(28)13-17/h3-13H,2,14H2,1H3/b21-11+. The molecule has 1 heterocycles. The minimum absolute atomic E-state index is 0.0362. The molecule has 1 aliphatic heterocycles. The molecule has 0 N–H and O–H groups in total. The molecule has 3 aromatic rings. The number of carbonyl (C=O) groups is 1. The van der Waals surface area contributed by atoms with Gasteiger partial charge in [-0.3, -0.25) is 0 Å². The first-order valence-corrected chi connectivity index (χ1v) is 10.8. The monoisotopic (exact) mass is 513 g/mol. The summed E-state index contributed by atoms with van der Waals surface area (Å²) in [5, 5.41) is 0. The summed E-state index contributed by atoms with van der Waals surface area (Å²) in [5.74, 6) is -0.442. The molecule has 0 aromatic heterocycles. The molecule has 0 aliphatic carbocycles. The normalized spacial score (nSPS) is 14.2. The molecular weight excluding hydrogens is 496 g/mol. The van der Waals surface area contributed by atoms with Gasteiger partial charge in [0.15, 0.2) is 17.2 Å². The third kappa shape index (κ3) is 5.46. The van der Waals surface area contributed by atoms with Crippen LogP contribution in [0.25, 0.3) is 6.08 Å². The third-order valence-electron chi connectivity index (χ3n) is 4.62.